The van der Waals surface area contributed by atoms with Crippen molar-refractivity contribution in [2.45, 2.75) is 49.0 Å². The number of imide groups is 1. The predicted molar refractivity (Wildman–Crippen MR) is 125 cm³/mol. The summed E-state index contributed by atoms with van der Waals surface area (Å²) in [6.07, 6.45) is 0. The van der Waals surface area contributed by atoms with E-state index in [0.29, 0.717) is 12.1 Å². The van der Waals surface area contributed by atoms with E-state index < -0.39 is 63.9 Å². The van der Waals surface area contributed by atoms with E-state index in [1.165, 1.54) is 21.6 Å². The number of β-lactam (4-membered cyclic amide) rings is 1. The SMILES string of the molecule is CCN1CCN(C(=O)NC(C(=O)N[C@@H]2C(=O)N3[C@@H]2SC(C)(C)[C@@H]3C(=O)[O-])c2ccccc2)C(=O)C1=O. The first-order chi connectivity index (χ1) is 17.0. The fraction of sp³-hybridized carbons (Fsp3) is 0.478. The minimum absolute atomic E-state index is 0.0259. The van der Waals surface area contributed by atoms with Crippen LogP contribution in [0.3, 0.4) is 0 Å². The van der Waals surface area contributed by atoms with Crippen molar-refractivity contribution in [3.63, 3.8) is 0 Å². The molecule has 36 heavy (non-hydrogen) atoms. The Labute approximate surface area is 211 Å². The number of hydrogen-bond donors (Lipinski definition) is 2. The van der Waals surface area contributed by atoms with Crippen LogP contribution in [-0.2, 0) is 24.0 Å². The summed E-state index contributed by atoms with van der Waals surface area (Å²) in [6.45, 7) is 5.58. The van der Waals surface area contributed by atoms with E-state index in [2.05, 4.69) is 10.6 Å². The smallest absolute Gasteiger partial charge is 0.325 e. The highest BCUT2D eigenvalue weighted by molar-refractivity contribution is 8.01. The monoisotopic (exact) mass is 516 g/mol. The summed E-state index contributed by atoms with van der Waals surface area (Å²) in [5.74, 6) is -4.44. The van der Waals surface area contributed by atoms with Gasteiger partial charge in [0, 0.05) is 24.4 Å². The predicted octanol–water partition coefficient (Wildman–Crippen LogP) is -1.57. The summed E-state index contributed by atoms with van der Waals surface area (Å²) in [4.78, 5) is 78.6. The van der Waals surface area contributed by atoms with E-state index in [0.717, 1.165) is 4.90 Å². The summed E-state index contributed by atoms with van der Waals surface area (Å²) in [5.41, 5.74) is 0.393. The molecule has 0 aromatic heterocycles. The molecule has 13 heteroatoms. The summed E-state index contributed by atoms with van der Waals surface area (Å²) in [5, 5.41) is 16.1. The van der Waals surface area contributed by atoms with Crippen molar-refractivity contribution in [3.05, 3.63) is 35.9 Å². The zero-order valence-electron chi connectivity index (χ0n) is 19.9. The van der Waals surface area contributed by atoms with Crippen LogP contribution in [0.4, 0.5) is 4.79 Å². The number of carboxylic acids is 1. The Hall–Kier alpha value is -3.61. The lowest BCUT2D eigenvalue weighted by Gasteiger charge is -2.45. The fourth-order valence-electron chi connectivity index (χ4n) is 4.68. The maximum atomic E-state index is 13.3. The van der Waals surface area contributed by atoms with Gasteiger partial charge in [-0.2, -0.15) is 0 Å². The third-order valence-corrected chi connectivity index (χ3v) is 8.13. The topological polar surface area (TPSA) is 159 Å². The van der Waals surface area contributed by atoms with Gasteiger partial charge in [0.15, 0.2) is 0 Å². The molecule has 3 heterocycles. The van der Waals surface area contributed by atoms with Crippen LogP contribution in [0.2, 0.25) is 0 Å². The minimum atomic E-state index is -1.37. The second kappa shape index (κ2) is 9.45. The van der Waals surface area contributed by atoms with Gasteiger partial charge in [-0.25, -0.2) is 4.79 Å². The normalized spacial score (nSPS) is 25.7. The molecule has 0 radical (unpaired) electrons. The third-order valence-electron chi connectivity index (χ3n) is 6.56. The molecule has 0 saturated carbocycles. The molecule has 4 atom stereocenters. The van der Waals surface area contributed by atoms with Crippen LogP contribution in [0.15, 0.2) is 30.3 Å². The highest BCUT2D eigenvalue weighted by atomic mass is 32.2. The van der Waals surface area contributed by atoms with E-state index in [1.807, 2.05) is 0 Å². The molecule has 192 valence electrons. The molecule has 3 saturated heterocycles. The molecule has 3 aliphatic heterocycles. The number of carboxylic acid groups (broad SMARTS) is 1. The van der Waals surface area contributed by atoms with E-state index in [9.17, 15) is 33.9 Å². The van der Waals surface area contributed by atoms with Gasteiger partial charge in [0.05, 0.1) is 12.0 Å². The van der Waals surface area contributed by atoms with Crippen molar-refractivity contribution in [3.8, 4) is 0 Å². The number of aliphatic carboxylic acids is 1. The number of hydrogen-bond acceptors (Lipinski definition) is 8. The van der Waals surface area contributed by atoms with Crippen LogP contribution < -0.4 is 15.7 Å². The lowest BCUT2D eigenvalue weighted by atomic mass is 9.95. The van der Waals surface area contributed by atoms with Gasteiger partial charge in [0.25, 0.3) is 0 Å². The van der Waals surface area contributed by atoms with Gasteiger partial charge in [-0.05, 0) is 26.3 Å². The number of nitrogens with one attached hydrogen (secondary N) is 2. The van der Waals surface area contributed by atoms with Crippen molar-refractivity contribution >= 4 is 47.4 Å². The number of carbonyl (C=O) groups is 6. The molecule has 0 aliphatic carbocycles. The highest BCUT2D eigenvalue weighted by Crippen LogP contribution is 2.50. The molecule has 1 aromatic carbocycles. The summed E-state index contributed by atoms with van der Waals surface area (Å²) in [6, 6.07) is 3.92. The highest BCUT2D eigenvalue weighted by Gasteiger charge is 2.62. The first-order valence-corrected chi connectivity index (χ1v) is 12.3. The first kappa shape index (κ1) is 25.5. The van der Waals surface area contributed by atoms with E-state index in [4.69, 9.17) is 0 Å². The van der Waals surface area contributed by atoms with E-state index in [1.54, 1.807) is 51.1 Å². The summed E-state index contributed by atoms with van der Waals surface area (Å²) < 4.78 is -0.820. The Kier molecular flexibility index (Phi) is 6.69. The zero-order valence-corrected chi connectivity index (χ0v) is 20.7. The van der Waals surface area contributed by atoms with Crippen molar-refractivity contribution < 1.29 is 33.9 Å². The largest absolute Gasteiger partial charge is 0.548 e. The molecule has 6 amide bonds. The number of likely N-dealkylation sites (N-methyl/N-ethyl adjacent to an activating group) is 1. The lowest BCUT2D eigenvalue weighted by molar-refractivity contribution is -0.312. The summed E-state index contributed by atoms with van der Waals surface area (Å²) >= 11 is 1.24. The number of nitrogens with zero attached hydrogens (tertiary/aromatic N) is 3. The number of carbonyl (C=O) groups excluding carboxylic acids is 6. The minimum Gasteiger partial charge on any atom is -0.548 e. The first-order valence-electron chi connectivity index (χ1n) is 11.5. The average molecular weight is 517 g/mol. The Morgan fingerprint density at radius 1 is 1.11 bits per heavy atom. The summed E-state index contributed by atoms with van der Waals surface area (Å²) in [7, 11) is 0. The van der Waals surface area contributed by atoms with E-state index in [-0.39, 0.29) is 13.1 Å². The van der Waals surface area contributed by atoms with Crippen LogP contribution >= 0.6 is 11.8 Å². The third kappa shape index (κ3) is 4.27. The molecule has 1 unspecified atom stereocenters. The molecule has 0 bridgehead atoms. The lowest BCUT2D eigenvalue weighted by Crippen LogP contribution is -2.72. The zero-order chi connectivity index (χ0) is 26.4. The number of fused-ring (bicyclic) bond motifs is 1. The Morgan fingerprint density at radius 2 is 1.78 bits per heavy atom. The Morgan fingerprint density at radius 3 is 2.39 bits per heavy atom. The molecular weight excluding hydrogens is 490 g/mol. The van der Waals surface area contributed by atoms with Crippen molar-refractivity contribution in [2.24, 2.45) is 0 Å². The number of urea groups is 1. The molecule has 1 aromatic rings. The maximum Gasteiger partial charge on any atom is 0.325 e. The van der Waals surface area contributed by atoms with Gasteiger partial charge >= 0.3 is 17.8 Å². The molecule has 2 N–H and O–H groups in total. The Bertz CT molecular complexity index is 1130. The second-order valence-corrected chi connectivity index (χ2v) is 11.0. The van der Waals surface area contributed by atoms with Crippen LogP contribution in [0.1, 0.15) is 32.4 Å². The van der Waals surface area contributed by atoms with Gasteiger partial charge < -0.3 is 30.3 Å². The molecule has 3 aliphatic rings. The quantitative estimate of drug-likeness (QED) is 0.339. The van der Waals surface area contributed by atoms with Crippen LogP contribution in [0.5, 0.6) is 0 Å². The maximum absolute atomic E-state index is 13.3. The van der Waals surface area contributed by atoms with Crippen molar-refractivity contribution in [1.82, 2.24) is 25.3 Å². The molecule has 0 spiro atoms. The number of thioether (sulfide) groups is 1. The van der Waals surface area contributed by atoms with Crippen LogP contribution in [0.25, 0.3) is 0 Å². The van der Waals surface area contributed by atoms with Crippen molar-refractivity contribution in [1.29, 1.82) is 0 Å². The number of amides is 6. The average Bonchev–Trinajstić information content (AvgIpc) is 3.10. The van der Waals surface area contributed by atoms with E-state index >= 15 is 0 Å². The standard InChI is InChI=1S/C23H27N5O7S/c1-4-26-10-11-27(19(32)18(26)31)22(35)25-13(12-8-6-5-7-9-12)16(29)24-14-17(30)28-15(21(33)34)23(2,3)36-20(14)28/h5-9,13-15,20H,4,10-11H2,1-3H3,(H,24,29)(H,25,35)(H,33,34)/p-1/t13?,14-,15+,20-/m1/s1. The second-order valence-electron chi connectivity index (χ2n) is 9.20. The molecular formula is C23H26N5O7S-. The molecule has 4 rings (SSSR count). The number of benzene rings is 1. The number of rotatable bonds is 6. The molecule has 12 nitrogen and oxygen atoms in total. The van der Waals surface area contributed by atoms with Gasteiger partial charge in [-0.1, -0.05) is 30.3 Å². The Balaban J connectivity index is 1.51. The van der Waals surface area contributed by atoms with Gasteiger partial charge in [0.2, 0.25) is 11.8 Å². The number of piperazine rings is 1. The van der Waals surface area contributed by atoms with Crippen LogP contribution in [-0.4, -0.2) is 92.2 Å². The van der Waals surface area contributed by atoms with Crippen molar-refractivity contribution in [2.75, 3.05) is 19.6 Å². The van der Waals surface area contributed by atoms with Gasteiger partial charge in [0.1, 0.15) is 17.5 Å². The molecule has 3 fully saturated rings. The van der Waals surface area contributed by atoms with Gasteiger partial charge in [-0.15, -0.1) is 11.8 Å². The van der Waals surface area contributed by atoms with Gasteiger partial charge in [-0.3, -0.25) is 24.1 Å². The van der Waals surface area contributed by atoms with Crippen LogP contribution in [0, 0.1) is 0 Å². The fourth-order valence-corrected chi connectivity index (χ4v) is 6.30.